The van der Waals surface area contributed by atoms with E-state index in [0.29, 0.717) is 12.2 Å². The Balaban J connectivity index is 1.24. The summed E-state index contributed by atoms with van der Waals surface area (Å²) in [6.07, 6.45) is 6.46. The highest BCUT2D eigenvalue weighted by Gasteiger charge is 2.27. The lowest BCUT2D eigenvalue weighted by atomic mass is 9.94. The zero-order valence-corrected chi connectivity index (χ0v) is 17.6. The Morgan fingerprint density at radius 2 is 2.16 bits per heavy atom. The van der Waals surface area contributed by atoms with E-state index < -0.39 is 6.09 Å². The van der Waals surface area contributed by atoms with Crippen LogP contribution in [0.5, 0.6) is 0 Å². The largest absolute Gasteiger partial charge is 0.446 e. The van der Waals surface area contributed by atoms with Crippen LogP contribution < -0.4 is 10.6 Å². The second kappa shape index (κ2) is 7.61. The summed E-state index contributed by atoms with van der Waals surface area (Å²) in [5, 5.41) is 21.7. The van der Waals surface area contributed by atoms with Crippen molar-refractivity contribution in [3.05, 3.63) is 53.4 Å². The van der Waals surface area contributed by atoms with Crippen molar-refractivity contribution in [1.29, 1.82) is 0 Å². The third-order valence-corrected chi connectivity index (χ3v) is 6.68. The van der Waals surface area contributed by atoms with Crippen LogP contribution in [0.2, 0.25) is 0 Å². The van der Waals surface area contributed by atoms with E-state index in [1.54, 1.807) is 36.1 Å². The molecule has 4 aromatic heterocycles. The van der Waals surface area contributed by atoms with Gasteiger partial charge in [0.25, 0.3) is 0 Å². The number of carbonyl (C=O) groups is 1. The average Bonchev–Trinajstić information content (AvgIpc) is 3.52. The lowest BCUT2D eigenvalue weighted by Gasteiger charge is -2.22. The molecule has 0 radical (unpaired) electrons. The number of hydrogen-bond acceptors (Lipinski definition) is 8. The topological polar surface area (TPSA) is 134 Å². The van der Waals surface area contributed by atoms with Crippen molar-refractivity contribution in [1.82, 2.24) is 30.4 Å². The van der Waals surface area contributed by atoms with Crippen LogP contribution in [0.25, 0.3) is 21.1 Å². The third-order valence-electron chi connectivity index (χ3n) is 5.51. The second-order valence-corrected chi connectivity index (χ2v) is 8.65. The minimum atomic E-state index is -0.486. The molecule has 0 saturated carbocycles. The van der Waals surface area contributed by atoms with Gasteiger partial charge in [0, 0.05) is 28.4 Å². The first-order valence-corrected chi connectivity index (χ1v) is 11.0. The maximum atomic E-state index is 12.2. The zero-order valence-electron chi connectivity index (χ0n) is 16.8. The van der Waals surface area contributed by atoms with E-state index in [1.807, 2.05) is 18.2 Å². The van der Waals surface area contributed by atoms with Gasteiger partial charge in [0.2, 0.25) is 0 Å². The minimum Gasteiger partial charge on any atom is -0.446 e. The van der Waals surface area contributed by atoms with Gasteiger partial charge in [0.1, 0.15) is 28.9 Å². The van der Waals surface area contributed by atoms with Gasteiger partial charge >= 0.3 is 6.09 Å². The molecule has 1 aliphatic carbocycles. The van der Waals surface area contributed by atoms with Gasteiger partial charge in [0.15, 0.2) is 0 Å². The van der Waals surface area contributed by atoms with E-state index in [-0.39, 0.29) is 6.10 Å². The molecule has 6 rings (SSSR count). The number of carbonyl (C=O) groups excluding carboxylic acids is 1. The van der Waals surface area contributed by atoms with Crippen LogP contribution >= 0.6 is 11.3 Å². The Morgan fingerprint density at radius 1 is 1.19 bits per heavy atom. The summed E-state index contributed by atoms with van der Waals surface area (Å²) in [6.45, 7) is 0. The molecular formula is C21H18N8O2S. The normalized spacial score (nSPS) is 15.6. The fourth-order valence-electron chi connectivity index (χ4n) is 4.05. The van der Waals surface area contributed by atoms with Crippen molar-refractivity contribution in [3.63, 3.8) is 0 Å². The van der Waals surface area contributed by atoms with Gasteiger partial charge in [-0.15, -0.1) is 11.3 Å². The number of amides is 1. The first kappa shape index (κ1) is 18.8. The Bertz CT molecular complexity index is 1420. The number of anilines is 3. The second-order valence-electron chi connectivity index (χ2n) is 7.57. The van der Waals surface area contributed by atoms with Crippen LogP contribution in [-0.2, 0) is 17.6 Å². The Labute approximate surface area is 185 Å². The molecule has 5 aromatic rings. The first-order chi connectivity index (χ1) is 15.7. The molecule has 0 spiro atoms. The standard InChI is InChI=1S/C21H18N8O2S/c30-21(27-17-5-6-24-29-17)31-13-2-3-14-16(8-13)32-20-18(14)19(22-10-23-20)26-12-1-4-15-11(7-12)9-25-28-15/h1,4-7,9-10,13H,2-3,8H2,(H,25,28)(H,22,23,26)(H2,24,27,29,30). The molecule has 10 nitrogen and oxygen atoms in total. The first-order valence-electron chi connectivity index (χ1n) is 10.2. The third kappa shape index (κ3) is 3.42. The Kier molecular flexibility index (Phi) is 4.46. The van der Waals surface area contributed by atoms with E-state index in [9.17, 15) is 4.79 Å². The van der Waals surface area contributed by atoms with Gasteiger partial charge in [-0.1, -0.05) is 0 Å². The zero-order chi connectivity index (χ0) is 21.5. The molecule has 0 fully saturated rings. The highest BCUT2D eigenvalue weighted by atomic mass is 32.1. The lowest BCUT2D eigenvalue weighted by molar-refractivity contribution is 0.103. The molecule has 160 valence electrons. The molecule has 1 aromatic carbocycles. The molecule has 0 aliphatic heterocycles. The number of ether oxygens (including phenoxy) is 1. The maximum absolute atomic E-state index is 12.2. The number of aryl methyl sites for hydroxylation is 1. The predicted molar refractivity (Wildman–Crippen MR) is 121 cm³/mol. The number of H-pyrrole nitrogens is 2. The van der Waals surface area contributed by atoms with Gasteiger partial charge in [-0.05, 0) is 36.6 Å². The van der Waals surface area contributed by atoms with Crippen molar-refractivity contribution in [2.24, 2.45) is 0 Å². The quantitative estimate of drug-likeness (QED) is 0.326. The average molecular weight is 446 g/mol. The van der Waals surface area contributed by atoms with Gasteiger partial charge in [-0.2, -0.15) is 10.2 Å². The molecule has 1 atom stereocenters. The number of fused-ring (bicyclic) bond motifs is 4. The monoisotopic (exact) mass is 446 g/mol. The van der Waals surface area contributed by atoms with Crippen molar-refractivity contribution >= 4 is 55.9 Å². The summed E-state index contributed by atoms with van der Waals surface area (Å²) in [6, 6.07) is 7.69. The van der Waals surface area contributed by atoms with Crippen LogP contribution in [0.15, 0.2) is 43.0 Å². The fraction of sp³-hybridized carbons (Fsp3) is 0.190. The summed E-state index contributed by atoms with van der Waals surface area (Å²) in [5.74, 6) is 1.29. The number of hydrogen-bond donors (Lipinski definition) is 4. The van der Waals surface area contributed by atoms with Crippen molar-refractivity contribution in [3.8, 4) is 0 Å². The summed E-state index contributed by atoms with van der Waals surface area (Å²) >= 11 is 1.63. The molecule has 4 heterocycles. The Hall–Kier alpha value is -3.99. The Morgan fingerprint density at radius 3 is 3.06 bits per heavy atom. The number of benzene rings is 1. The van der Waals surface area contributed by atoms with Crippen LogP contribution in [0, 0.1) is 0 Å². The van der Waals surface area contributed by atoms with Crippen molar-refractivity contribution in [2.45, 2.75) is 25.4 Å². The highest BCUT2D eigenvalue weighted by molar-refractivity contribution is 7.19. The van der Waals surface area contributed by atoms with E-state index in [1.165, 1.54) is 10.4 Å². The summed E-state index contributed by atoms with van der Waals surface area (Å²) in [4.78, 5) is 23.3. The molecular weight excluding hydrogens is 428 g/mol. The number of rotatable bonds is 4. The van der Waals surface area contributed by atoms with Crippen LogP contribution in [0.3, 0.4) is 0 Å². The highest BCUT2D eigenvalue weighted by Crippen LogP contribution is 2.39. The lowest BCUT2D eigenvalue weighted by Crippen LogP contribution is -2.27. The number of nitrogens with one attached hydrogen (secondary N) is 4. The van der Waals surface area contributed by atoms with Gasteiger partial charge in [-0.3, -0.25) is 15.5 Å². The molecule has 1 unspecified atom stereocenters. The van der Waals surface area contributed by atoms with Crippen LogP contribution in [0.4, 0.5) is 22.1 Å². The van der Waals surface area contributed by atoms with E-state index in [4.69, 9.17) is 4.74 Å². The molecule has 11 heteroatoms. The number of aromatic amines is 2. The summed E-state index contributed by atoms with van der Waals surface area (Å²) in [7, 11) is 0. The maximum Gasteiger partial charge on any atom is 0.413 e. The van der Waals surface area contributed by atoms with E-state index >= 15 is 0 Å². The molecule has 0 bridgehead atoms. The smallest absolute Gasteiger partial charge is 0.413 e. The minimum absolute atomic E-state index is 0.189. The van der Waals surface area contributed by atoms with E-state index in [2.05, 4.69) is 41.0 Å². The van der Waals surface area contributed by atoms with Crippen LogP contribution in [0.1, 0.15) is 16.9 Å². The van der Waals surface area contributed by atoms with Crippen molar-refractivity contribution < 1.29 is 9.53 Å². The van der Waals surface area contributed by atoms with E-state index in [0.717, 1.165) is 45.5 Å². The number of thiophene rings is 1. The molecule has 1 aliphatic rings. The SMILES string of the molecule is O=C(Nc1ccn[nH]1)OC1CCc2c(sc3ncnc(Nc4ccc5[nH]ncc5c4)c23)C1. The predicted octanol–water partition coefficient (Wildman–Crippen LogP) is 4.14. The van der Waals surface area contributed by atoms with Gasteiger partial charge < -0.3 is 10.1 Å². The summed E-state index contributed by atoms with van der Waals surface area (Å²) in [5.41, 5.74) is 3.15. The number of aromatic nitrogens is 6. The van der Waals surface area contributed by atoms with Crippen molar-refractivity contribution in [2.75, 3.05) is 10.6 Å². The molecule has 32 heavy (non-hydrogen) atoms. The van der Waals surface area contributed by atoms with Gasteiger partial charge in [0.05, 0.1) is 23.3 Å². The number of nitrogens with zero attached hydrogens (tertiary/aromatic N) is 4. The molecule has 1 amide bonds. The van der Waals surface area contributed by atoms with Crippen LogP contribution in [-0.4, -0.2) is 42.6 Å². The molecule has 0 saturated heterocycles. The molecule has 4 N–H and O–H groups in total. The fourth-order valence-corrected chi connectivity index (χ4v) is 5.30. The van der Waals surface area contributed by atoms with Gasteiger partial charge in [-0.25, -0.2) is 14.8 Å². The summed E-state index contributed by atoms with van der Waals surface area (Å²) < 4.78 is 5.62.